The van der Waals surface area contributed by atoms with Crippen molar-refractivity contribution in [1.29, 1.82) is 0 Å². The molecule has 0 aliphatic carbocycles. The van der Waals surface area contributed by atoms with E-state index in [9.17, 15) is 23.1 Å². The van der Waals surface area contributed by atoms with E-state index in [2.05, 4.69) is 20.6 Å². The van der Waals surface area contributed by atoms with Crippen molar-refractivity contribution in [3.05, 3.63) is 53.0 Å². The summed E-state index contributed by atoms with van der Waals surface area (Å²) >= 11 is 0. The molecule has 0 radical (unpaired) electrons. The number of hydrogen-bond acceptors (Lipinski definition) is 7. The van der Waals surface area contributed by atoms with E-state index in [0.717, 1.165) is 6.07 Å². The van der Waals surface area contributed by atoms with Gasteiger partial charge in [-0.15, -0.1) is 0 Å². The SMILES string of the molecule is O=C(NCC(O)CN1Cc2ccccc2C1)c1cc(NC2COC2)nc(C(F)(F)F)n1. The molecule has 1 saturated heterocycles. The minimum absolute atomic E-state index is 0.101. The molecule has 2 aromatic rings. The molecule has 4 rings (SSSR count). The fraction of sp³-hybridized carbons (Fsp3) is 0.450. The Bertz CT molecular complexity index is 927. The fourth-order valence-corrected chi connectivity index (χ4v) is 3.49. The van der Waals surface area contributed by atoms with E-state index in [1.165, 1.54) is 11.1 Å². The van der Waals surface area contributed by atoms with Gasteiger partial charge in [0.15, 0.2) is 0 Å². The number of aliphatic hydroxyl groups is 1. The maximum absolute atomic E-state index is 13.1. The lowest BCUT2D eigenvalue weighted by Crippen LogP contribution is -2.41. The average Bonchev–Trinajstić information content (AvgIpc) is 3.10. The van der Waals surface area contributed by atoms with Gasteiger partial charge in [0.25, 0.3) is 5.91 Å². The minimum Gasteiger partial charge on any atom is -0.390 e. The summed E-state index contributed by atoms with van der Waals surface area (Å²) in [6.07, 6.45) is -5.68. The Labute approximate surface area is 176 Å². The van der Waals surface area contributed by atoms with E-state index in [4.69, 9.17) is 4.74 Å². The summed E-state index contributed by atoms with van der Waals surface area (Å²) in [5.74, 6) is -2.32. The molecule has 1 fully saturated rings. The summed E-state index contributed by atoms with van der Waals surface area (Å²) in [6.45, 7) is 2.29. The van der Waals surface area contributed by atoms with Crippen LogP contribution in [0.3, 0.4) is 0 Å². The average molecular weight is 437 g/mol. The van der Waals surface area contributed by atoms with Crippen molar-refractivity contribution in [2.75, 3.05) is 31.6 Å². The van der Waals surface area contributed by atoms with Crippen LogP contribution in [0.2, 0.25) is 0 Å². The summed E-state index contributed by atoms with van der Waals surface area (Å²) in [5.41, 5.74) is 1.96. The summed E-state index contributed by atoms with van der Waals surface area (Å²) < 4.78 is 44.4. The van der Waals surface area contributed by atoms with Crippen LogP contribution in [0.25, 0.3) is 0 Å². The number of carbonyl (C=O) groups excluding carboxylic acids is 1. The first-order valence-corrected chi connectivity index (χ1v) is 9.84. The molecule has 11 heteroatoms. The van der Waals surface area contributed by atoms with Gasteiger partial charge in [0.1, 0.15) is 11.5 Å². The zero-order valence-corrected chi connectivity index (χ0v) is 16.5. The number of benzene rings is 1. The smallest absolute Gasteiger partial charge is 0.390 e. The van der Waals surface area contributed by atoms with Crippen LogP contribution in [0.1, 0.15) is 27.4 Å². The molecule has 0 saturated carbocycles. The first-order valence-electron chi connectivity index (χ1n) is 9.84. The second-order valence-corrected chi connectivity index (χ2v) is 7.64. The number of nitrogens with zero attached hydrogens (tertiary/aromatic N) is 3. The number of alkyl halides is 3. The van der Waals surface area contributed by atoms with Crippen LogP contribution in [0, 0.1) is 0 Å². The lowest BCUT2D eigenvalue weighted by Gasteiger charge is -2.27. The Morgan fingerprint density at radius 1 is 1.23 bits per heavy atom. The van der Waals surface area contributed by atoms with E-state index >= 15 is 0 Å². The number of halogens is 3. The molecule has 3 heterocycles. The molecule has 0 spiro atoms. The van der Waals surface area contributed by atoms with Crippen molar-refractivity contribution in [3.63, 3.8) is 0 Å². The predicted octanol–water partition coefficient (Wildman–Crippen LogP) is 1.41. The topological polar surface area (TPSA) is 99.6 Å². The second-order valence-electron chi connectivity index (χ2n) is 7.64. The monoisotopic (exact) mass is 437 g/mol. The van der Waals surface area contributed by atoms with Crippen LogP contribution < -0.4 is 10.6 Å². The second kappa shape index (κ2) is 8.77. The Morgan fingerprint density at radius 2 is 1.90 bits per heavy atom. The van der Waals surface area contributed by atoms with Crippen molar-refractivity contribution in [3.8, 4) is 0 Å². The van der Waals surface area contributed by atoms with Crippen LogP contribution in [-0.4, -0.2) is 64.3 Å². The van der Waals surface area contributed by atoms with E-state index < -0.39 is 29.7 Å². The normalized spacial score (nSPS) is 17.7. The first-order chi connectivity index (χ1) is 14.8. The van der Waals surface area contributed by atoms with E-state index in [1.54, 1.807) is 0 Å². The summed E-state index contributed by atoms with van der Waals surface area (Å²) in [5, 5.41) is 15.5. The molecular formula is C20H22F3N5O3. The van der Waals surface area contributed by atoms with Gasteiger partial charge in [-0.05, 0) is 11.1 Å². The molecule has 2 aliphatic heterocycles. The lowest BCUT2D eigenvalue weighted by molar-refractivity contribution is -0.144. The fourth-order valence-electron chi connectivity index (χ4n) is 3.49. The van der Waals surface area contributed by atoms with Crippen LogP contribution in [0.15, 0.2) is 30.3 Å². The molecule has 1 amide bonds. The number of anilines is 1. The maximum atomic E-state index is 13.1. The van der Waals surface area contributed by atoms with Gasteiger partial charge in [-0.2, -0.15) is 13.2 Å². The van der Waals surface area contributed by atoms with Gasteiger partial charge in [-0.25, -0.2) is 9.97 Å². The van der Waals surface area contributed by atoms with Gasteiger partial charge in [0, 0.05) is 32.2 Å². The van der Waals surface area contributed by atoms with Crippen molar-refractivity contribution >= 4 is 11.7 Å². The molecule has 2 aliphatic rings. The first kappa shape index (κ1) is 21.5. The number of amides is 1. The Hall–Kier alpha value is -2.76. The number of fused-ring (bicyclic) bond motifs is 1. The third-order valence-electron chi connectivity index (χ3n) is 5.08. The molecule has 3 N–H and O–H groups in total. The summed E-state index contributed by atoms with van der Waals surface area (Å²) in [7, 11) is 0. The lowest BCUT2D eigenvalue weighted by atomic mass is 10.1. The van der Waals surface area contributed by atoms with Crippen LogP contribution >= 0.6 is 0 Å². The van der Waals surface area contributed by atoms with Crippen molar-refractivity contribution in [1.82, 2.24) is 20.2 Å². The molecule has 1 atom stereocenters. The number of rotatable bonds is 7. The Morgan fingerprint density at radius 3 is 2.48 bits per heavy atom. The minimum atomic E-state index is -4.80. The third kappa shape index (κ3) is 5.30. The van der Waals surface area contributed by atoms with E-state index in [1.807, 2.05) is 29.2 Å². The molecule has 8 nitrogen and oxygen atoms in total. The van der Waals surface area contributed by atoms with Crippen LogP contribution in [0.5, 0.6) is 0 Å². The van der Waals surface area contributed by atoms with Gasteiger partial charge < -0.3 is 20.5 Å². The van der Waals surface area contributed by atoms with Gasteiger partial charge in [-0.1, -0.05) is 24.3 Å². The molecule has 166 valence electrons. The van der Waals surface area contributed by atoms with Gasteiger partial charge >= 0.3 is 6.18 Å². The molecule has 1 aromatic carbocycles. The zero-order chi connectivity index (χ0) is 22.0. The highest BCUT2D eigenvalue weighted by Crippen LogP contribution is 2.28. The number of hydrogen-bond donors (Lipinski definition) is 3. The standard InChI is InChI=1S/C20H22F3N5O3/c21-20(22,23)19-26-16(5-17(27-19)25-14-10-31-11-14)18(30)24-6-15(29)9-28-7-12-3-1-2-4-13(12)8-28/h1-5,14-15,29H,6-11H2,(H,24,30)(H,25,26,27). The Kier molecular flexibility index (Phi) is 6.08. The highest BCUT2D eigenvalue weighted by atomic mass is 19.4. The third-order valence-corrected chi connectivity index (χ3v) is 5.08. The molecule has 31 heavy (non-hydrogen) atoms. The highest BCUT2D eigenvalue weighted by molar-refractivity contribution is 5.93. The number of carbonyl (C=O) groups is 1. The van der Waals surface area contributed by atoms with E-state index in [-0.39, 0.29) is 18.4 Å². The zero-order valence-electron chi connectivity index (χ0n) is 16.5. The number of β-amino-alcohol motifs (C(OH)–C–C–N with tert-alkyl or cyclic N) is 1. The Balaban J connectivity index is 1.35. The van der Waals surface area contributed by atoms with Crippen LogP contribution in [0.4, 0.5) is 19.0 Å². The summed E-state index contributed by atoms with van der Waals surface area (Å²) in [6, 6.07) is 8.95. The molecule has 1 unspecified atom stereocenters. The number of ether oxygens (including phenoxy) is 1. The number of aromatic nitrogens is 2. The van der Waals surface area contributed by atoms with Gasteiger partial charge in [-0.3, -0.25) is 9.69 Å². The predicted molar refractivity (Wildman–Crippen MR) is 104 cm³/mol. The van der Waals surface area contributed by atoms with Crippen molar-refractivity contribution < 1.29 is 27.8 Å². The van der Waals surface area contributed by atoms with Crippen molar-refractivity contribution in [2.45, 2.75) is 31.4 Å². The van der Waals surface area contributed by atoms with Crippen LogP contribution in [-0.2, 0) is 24.0 Å². The van der Waals surface area contributed by atoms with E-state index in [0.29, 0.717) is 32.8 Å². The quantitative estimate of drug-likeness (QED) is 0.602. The molecule has 1 aromatic heterocycles. The highest BCUT2D eigenvalue weighted by Gasteiger charge is 2.36. The summed E-state index contributed by atoms with van der Waals surface area (Å²) in [4.78, 5) is 21.3. The van der Waals surface area contributed by atoms with Gasteiger partial charge in [0.2, 0.25) is 5.82 Å². The molecule has 0 bridgehead atoms. The maximum Gasteiger partial charge on any atom is 0.451 e. The van der Waals surface area contributed by atoms with Gasteiger partial charge in [0.05, 0.1) is 25.4 Å². The number of aliphatic hydroxyl groups excluding tert-OH is 1. The molecular weight excluding hydrogens is 415 g/mol. The largest absolute Gasteiger partial charge is 0.451 e. The van der Waals surface area contributed by atoms with Crippen molar-refractivity contribution in [2.24, 2.45) is 0 Å². The number of nitrogens with one attached hydrogen (secondary N) is 2.